The number of benzene rings is 1. The third kappa shape index (κ3) is 5.27. The van der Waals surface area contributed by atoms with Crippen LogP contribution in [0.2, 0.25) is 0 Å². The summed E-state index contributed by atoms with van der Waals surface area (Å²) in [4.78, 5) is 1.95. The van der Waals surface area contributed by atoms with E-state index >= 15 is 0 Å². The zero-order chi connectivity index (χ0) is 18.2. The number of aromatic nitrogens is 1. The Balaban J connectivity index is 2.12. The van der Waals surface area contributed by atoms with Gasteiger partial charge in [0, 0.05) is 43.5 Å². The van der Waals surface area contributed by atoms with Crippen molar-refractivity contribution in [1.82, 2.24) is 0 Å². The van der Waals surface area contributed by atoms with Crippen LogP contribution in [-0.4, -0.2) is 49.3 Å². The number of anilines is 2. The first kappa shape index (κ1) is 18.9. The third-order valence-corrected chi connectivity index (χ3v) is 4.02. The standard InChI is InChI=1S/C19H27N4O2/c1-16(17-8-10-21(2)11-9-17)20-22(3)18-4-6-19(7-5-18)23(12-14-24)13-15-25/h4-11,24-25H,12-15H2,1-3H3/q+1. The molecule has 0 aliphatic heterocycles. The largest absolute Gasteiger partial charge is 0.395 e. The molecular weight excluding hydrogens is 316 g/mol. The van der Waals surface area contributed by atoms with Crippen molar-refractivity contribution in [2.75, 3.05) is 43.3 Å². The van der Waals surface area contributed by atoms with Gasteiger partial charge >= 0.3 is 0 Å². The van der Waals surface area contributed by atoms with Gasteiger partial charge in [0.15, 0.2) is 12.4 Å². The molecule has 0 spiro atoms. The topological polar surface area (TPSA) is 63.2 Å². The molecule has 0 amide bonds. The van der Waals surface area contributed by atoms with Crippen molar-refractivity contribution >= 4 is 17.1 Å². The summed E-state index contributed by atoms with van der Waals surface area (Å²) in [5.74, 6) is 0. The predicted octanol–water partition coefficient (Wildman–Crippen LogP) is 1.16. The molecule has 0 aliphatic carbocycles. The minimum absolute atomic E-state index is 0.0555. The molecule has 0 saturated heterocycles. The van der Waals surface area contributed by atoms with E-state index in [2.05, 4.69) is 5.10 Å². The smallest absolute Gasteiger partial charge is 0.169 e. The maximum Gasteiger partial charge on any atom is 0.169 e. The fourth-order valence-corrected chi connectivity index (χ4v) is 2.57. The van der Waals surface area contributed by atoms with E-state index in [1.165, 1.54) is 0 Å². The Kier molecular flexibility index (Phi) is 6.91. The average molecular weight is 343 g/mol. The van der Waals surface area contributed by atoms with E-state index in [1.807, 2.05) is 84.3 Å². The summed E-state index contributed by atoms with van der Waals surface area (Å²) in [5.41, 5.74) is 3.96. The lowest BCUT2D eigenvalue weighted by molar-refractivity contribution is -0.671. The Labute approximate surface area is 149 Å². The van der Waals surface area contributed by atoms with Crippen molar-refractivity contribution in [2.45, 2.75) is 6.92 Å². The van der Waals surface area contributed by atoms with Crippen LogP contribution in [0.25, 0.3) is 0 Å². The Hall–Kier alpha value is -2.44. The van der Waals surface area contributed by atoms with E-state index < -0.39 is 0 Å². The number of rotatable bonds is 8. The minimum Gasteiger partial charge on any atom is -0.395 e. The van der Waals surface area contributed by atoms with Gasteiger partial charge < -0.3 is 15.1 Å². The molecule has 0 aliphatic rings. The van der Waals surface area contributed by atoms with E-state index in [4.69, 9.17) is 10.2 Å². The Morgan fingerprint density at radius 1 is 0.960 bits per heavy atom. The summed E-state index contributed by atoms with van der Waals surface area (Å²) in [7, 11) is 3.90. The van der Waals surface area contributed by atoms with Crippen molar-refractivity contribution in [3.8, 4) is 0 Å². The number of nitrogens with zero attached hydrogens (tertiary/aromatic N) is 4. The van der Waals surface area contributed by atoms with Gasteiger partial charge in [-0.05, 0) is 31.2 Å². The van der Waals surface area contributed by atoms with Gasteiger partial charge in [0.25, 0.3) is 0 Å². The first-order valence-electron chi connectivity index (χ1n) is 8.36. The summed E-state index contributed by atoms with van der Waals surface area (Å²) in [5, 5.41) is 24.8. The van der Waals surface area contributed by atoms with Crippen LogP contribution in [0, 0.1) is 0 Å². The van der Waals surface area contributed by atoms with Gasteiger partial charge in [-0.3, -0.25) is 5.01 Å². The molecule has 2 rings (SSSR count). The Bertz CT molecular complexity index is 678. The van der Waals surface area contributed by atoms with Gasteiger partial charge in [0.2, 0.25) is 0 Å². The van der Waals surface area contributed by atoms with E-state index in [-0.39, 0.29) is 13.2 Å². The number of hydrogen-bond donors (Lipinski definition) is 2. The van der Waals surface area contributed by atoms with Crippen LogP contribution in [0.15, 0.2) is 53.9 Å². The van der Waals surface area contributed by atoms with E-state index in [0.717, 1.165) is 22.6 Å². The summed E-state index contributed by atoms with van der Waals surface area (Å²) in [6.07, 6.45) is 4.00. The lowest BCUT2D eigenvalue weighted by Gasteiger charge is -2.23. The monoisotopic (exact) mass is 343 g/mol. The molecule has 1 aromatic carbocycles. The molecule has 6 heteroatoms. The molecule has 6 nitrogen and oxygen atoms in total. The highest BCUT2D eigenvalue weighted by Crippen LogP contribution is 2.20. The van der Waals surface area contributed by atoms with Crippen LogP contribution in [-0.2, 0) is 7.05 Å². The highest BCUT2D eigenvalue weighted by molar-refractivity contribution is 5.98. The maximum atomic E-state index is 9.14. The van der Waals surface area contributed by atoms with Crippen LogP contribution in [0.3, 0.4) is 0 Å². The minimum atomic E-state index is 0.0555. The highest BCUT2D eigenvalue weighted by Gasteiger charge is 2.07. The van der Waals surface area contributed by atoms with E-state index in [1.54, 1.807) is 0 Å². The normalized spacial score (nSPS) is 11.5. The van der Waals surface area contributed by atoms with Crippen LogP contribution in [0.4, 0.5) is 11.4 Å². The highest BCUT2D eigenvalue weighted by atomic mass is 16.3. The molecule has 2 N–H and O–H groups in total. The third-order valence-electron chi connectivity index (χ3n) is 4.02. The SMILES string of the molecule is C/C(=N\N(C)c1ccc(N(CCO)CCO)cc1)c1cc[n+](C)cc1. The molecule has 0 bridgehead atoms. The molecule has 0 fully saturated rings. The van der Waals surface area contributed by atoms with Gasteiger partial charge in [-0.25, -0.2) is 4.57 Å². The second-order valence-corrected chi connectivity index (χ2v) is 5.91. The quantitative estimate of drug-likeness (QED) is 0.429. The fraction of sp³-hybridized carbons (Fsp3) is 0.368. The molecular formula is C19H27N4O2+. The molecule has 0 radical (unpaired) electrons. The number of aliphatic hydroxyl groups excluding tert-OH is 2. The van der Waals surface area contributed by atoms with Gasteiger partial charge in [0.05, 0.1) is 24.6 Å². The predicted molar refractivity (Wildman–Crippen MR) is 101 cm³/mol. The fourth-order valence-electron chi connectivity index (χ4n) is 2.57. The van der Waals surface area contributed by atoms with E-state index in [0.29, 0.717) is 13.1 Å². The molecule has 0 unspecified atom stereocenters. The molecule has 1 aromatic heterocycles. The second kappa shape index (κ2) is 9.15. The number of aliphatic hydroxyl groups is 2. The molecule has 0 atom stereocenters. The molecule has 134 valence electrons. The van der Waals surface area contributed by atoms with Crippen molar-refractivity contribution in [3.05, 3.63) is 54.4 Å². The molecule has 0 saturated carbocycles. The molecule has 25 heavy (non-hydrogen) atoms. The van der Waals surface area contributed by atoms with Crippen molar-refractivity contribution in [2.24, 2.45) is 12.1 Å². The zero-order valence-corrected chi connectivity index (χ0v) is 15.1. The first-order chi connectivity index (χ1) is 12.0. The van der Waals surface area contributed by atoms with Crippen LogP contribution in [0.5, 0.6) is 0 Å². The summed E-state index contributed by atoms with van der Waals surface area (Å²) < 4.78 is 1.99. The Morgan fingerprint density at radius 3 is 2.00 bits per heavy atom. The van der Waals surface area contributed by atoms with Crippen molar-refractivity contribution in [3.63, 3.8) is 0 Å². The number of aryl methyl sites for hydroxylation is 1. The Morgan fingerprint density at radius 2 is 1.48 bits per heavy atom. The van der Waals surface area contributed by atoms with Crippen molar-refractivity contribution < 1.29 is 14.8 Å². The zero-order valence-electron chi connectivity index (χ0n) is 15.1. The summed E-state index contributed by atoms with van der Waals surface area (Å²) in [6.45, 7) is 3.10. The van der Waals surface area contributed by atoms with Gasteiger partial charge in [-0.15, -0.1) is 0 Å². The van der Waals surface area contributed by atoms with Gasteiger partial charge in [-0.1, -0.05) is 0 Å². The van der Waals surface area contributed by atoms with Crippen LogP contribution >= 0.6 is 0 Å². The van der Waals surface area contributed by atoms with Gasteiger partial charge in [0.1, 0.15) is 7.05 Å². The van der Waals surface area contributed by atoms with Crippen molar-refractivity contribution in [1.29, 1.82) is 0 Å². The lowest BCUT2D eigenvalue weighted by atomic mass is 10.2. The average Bonchev–Trinajstić information content (AvgIpc) is 2.62. The number of hydrazone groups is 1. The van der Waals surface area contributed by atoms with Gasteiger partial charge in [-0.2, -0.15) is 5.10 Å². The lowest BCUT2D eigenvalue weighted by Crippen LogP contribution is -2.29. The first-order valence-corrected chi connectivity index (χ1v) is 8.36. The van der Waals surface area contributed by atoms with E-state index in [9.17, 15) is 0 Å². The number of hydrogen-bond acceptors (Lipinski definition) is 5. The number of pyridine rings is 1. The van der Waals surface area contributed by atoms with Crippen LogP contribution < -0.4 is 14.5 Å². The van der Waals surface area contributed by atoms with Crippen LogP contribution in [0.1, 0.15) is 12.5 Å². The summed E-state index contributed by atoms with van der Waals surface area (Å²) in [6, 6.07) is 12.0. The maximum absolute atomic E-state index is 9.14. The second-order valence-electron chi connectivity index (χ2n) is 5.91. The molecule has 2 aromatic rings. The molecule has 1 heterocycles. The summed E-state index contributed by atoms with van der Waals surface area (Å²) >= 11 is 0.